The van der Waals surface area contributed by atoms with Gasteiger partial charge in [0.1, 0.15) is 5.75 Å². The molecule has 0 spiro atoms. The highest BCUT2D eigenvalue weighted by Crippen LogP contribution is 2.24. The lowest BCUT2D eigenvalue weighted by Crippen LogP contribution is -2.25. The normalized spacial score (nSPS) is 12.5. The van der Waals surface area contributed by atoms with Crippen molar-refractivity contribution in [3.63, 3.8) is 0 Å². The first-order valence-corrected chi connectivity index (χ1v) is 6.56. The summed E-state index contributed by atoms with van der Waals surface area (Å²) in [6, 6.07) is 4.76. The van der Waals surface area contributed by atoms with E-state index in [9.17, 15) is 0 Å². The Morgan fingerprint density at radius 3 is 2.39 bits per heavy atom. The summed E-state index contributed by atoms with van der Waals surface area (Å²) < 4.78 is 5.36. The molecular weight excluding hydrogens is 226 g/mol. The minimum Gasteiger partial charge on any atom is -0.496 e. The van der Waals surface area contributed by atoms with Gasteiger partial charge in [-0.3, -0.25) is 0 Å². The SMILES string of the molecule is COc1c(C)cc(CNC(C)CCCO)cc1C. The summed E-state index contributed by atoms with van der Waals surface area (Å²) >= 11 is 0. The van der Waals surface area contributed by atoms with Crippen LogP contribution in [0.4, 0.5) is 0 Å². The van der Waals surface area contributed by atoms with E-state index in [2.05, 4.69) is 38.2 Å². The molecule has 1 unspecified atom stereocenters. The van der Waals surface area contributed by atoms with Crippen LogP contribution in [0.25, 0.3) is 0 Å². The molecule has 3 nitrogen and oxygen atoms in total. The maximum atomic E-state index is 8.79. The summed E-state index contributed by atoms with van der Waals surface area (Å²) in [7, 11) is 1.71. The Morgan fingerprint density at radius 2 is 1.89 bits per heavy atom. The smallest absolute Gasteiger partial charge is 0.124 e. The highest BCUT2D eigenvalue weighted by molar-refractivity contribution is 5.43. The van der Waals surface area contributed by atoms with Gasteiger partial charge in [0.05, 0.1) is 7.11 Å². The van der Waals surface area contributed by atoms with Crippen molar-refractivity contribution in [2.75, 3.05) is 13.7 Å². The third kappa shape index (κ3) is 4.31. The van der Waals surface area contributed by atoms with Crippen LogP contribution in [0.15, 0.2) is 12.1 Å². The highest BCUT2D eigenvalue weighted by Gasteiger charge is 2.06. The fraction of sp³-hybridized carbons (Fsp3) is 0.600. The van der Waals surface area contributed by atoms with Crippen LogP contribution in [0, 0.1) is 13.8 Å². The lowest BCUT2D eigenvalue weighted by Gasteiger charge is -2.15. The molecule has 0 aliphatic heterocycles. The van der Waals surface area contributed by atoms with Crippen LogP contribution in [0.3, 0.4) is 0 Å². The molecule has 0 aliphatic carbocycles. The molecule has 0 saturated heterocycles. The fourth-order valence-corrected chi connectivity index (χ4v) is 2.26. The average molecular weight is 251 g/mol. The molecule has 0 aromatic heterocycles. The Balaban J connectivity index is 2.58. The van der Waals surface area contributed by atoms with E-state index in [1.807, 2.05) is 0 Å². The first kappa shape index (κ1) is 15.0. The van der Waals surface area contributed by atoms with Crippen LogP contribution in [0.5, 0.6) is 5.75 Å². The molecule has 0 bridgehead atoms. The van der Waals surface area contributed by atoms with Crippen molar-refractivity contribution in [1.29, 1.82) is 0 Å². The maximum absolute atomic E-state index is 8.79. The van der Waals surface area contributed by atoms with E-state index in [4.69, 9.17) is 9.84 Å². The molecule has 1 rings (SSSR count). The van der Waals surface area contributed by atoms with E-state index >= 15 is 0 Å². The molecule has 18 heavy (non-hydrogen) atoms. The van der Waals surface area contributed by atoms with Gasteiger partial charge in [-0.25, -0.2) is 0 Å². The van der Waals surface area contributed by atoms with Crippen LogP contribution < -0.4 is 10.1 Å². The summed E-state index contributed by atoms with van der Waals surface area (Å²) in [5.41, 5.74) is 3.64. The number of nitrogens with one attached hydrogen (secondary N) is 1. The van der Waals surface area contributed by atoms with Crippen molar-refractivity contribution in [1.82, 2.24) is 5.32 Å². The zero-order valence-corrected chi connectivity index (χ0v) is 11.9. The number of aryl methyl sites for hydroxylation is 2. The molecule has 0 fully saturated rings. The van der Waals surface area contributed by atoms with Gasteiger partial charge in [-0.05, 0) is 50.3 Å². The fourth-order valence-electron chi connectivity index (χ4n) is 2.26. The summed E-state index contributed by atoms with van der Waals surface area (Å²) in [5.74, 6) is 0.979. The molecule has 1 aromatic carbocycles. The van der Waals surface area contributed by atoms with Crippen molar-refractivity contribution in [3.8, 4) is 5.75 Å². The van der Waals surface area contributed by atoms with E-state index in [0.29, 0.717) is 6.04 Å². The largest absolute Gasteiger partial charge is 0.496 e. The van der Waals surface area contributed by atoms with Crippen LogP contribution in [-0.2, 0) is 6.54 Å². The van der Waals surface area contributed by atoms with E-state index in [0.717, 1.165) is 25.1 Å². The van der Waals surface area contributed by atoms with Gasteiger partial charge in [0.15, 0.2) is 0 Å². The second-order valence-corrected chi connectivity index (χ2v) is 4.91. The molecule has 2 N–H and O–H groups in total. The molecular formula is C15H25NO2. The van der Waals surface area contributed by atoms with E-state index in [-0.39, 0.29) is 6.61 Å². The third-order valence-corrected chi connectivity index (χ3v) is 3.17. The first-order chi connectivity index (χ1) is 8.58. The molecule has 0 saturated carbocycles. The van der Waals surface area contributed by atoms with Gasteiger partial charge in [-0.1, -0.05) is 12.1 Å². The molecule has 0 aliphatic rings. The van der Waals surface area contributed by atoms with Crippen molar-refractivity contribution < 1.29 is 9.84 Å². The van der Waals surface area contributed by atoms with Crippen molar-refractivity contribution in [2.24, 2.45) is 0 Å². The molecule has 1 atom stereocenters. The Morgan fingerprint density at radius 1 is 1.28 bits per heavy atom. The van der Waals surface area contributed by atoms with Crippen LogP contribution >= 0.6 is 0 Å². The molecule has 1 aromatic rings. The van der Waals surface area contributed by atoms with Crippen molar-refractivity contribution in [2.45, 2.75) is 46.2 Å². The quantitative estimate of drug-likeness (QED) is 0.782. The van der Waals surface area contributed by atoms with Crippen LogP contribution in [-0.4, -0.2) is 24.9 Å². The van der Waals surface area contributed by atoms with E-state index in [1.54, 1.807) is 7.11 Å². The number of aliphatic hydroxyl groups is 1. The van der Waals surface area contributed by atoms with Gasteiger partial charge >= 0.3 is 0 Å². The van der Waals surface area contributed by atoms with Crippen LogP contribution in [0.1, 0.15) is 36.5 Å². The van der Waals surface area contributed by atoms with Crippen molar-refractivity contribution in [3.05, 3.63) is 28.8 Å². The first-order valence-electron chi connectivity index (χ1n) is 6.56. The second-order valence-electron chi connectivity index (χ2n) is 4.91. The number of benzene rings is 1. The summed E-state index contributed by atoms with van der Waals surface area (Å²) in [6.45, 7) is 7.43. The molecule has 0 heterocycles. The summed E-state index contributed by atoms with van der Waals surface area (Å²) in [5, 5.41) is 12.3. The summed E-state index contributed by atoms with van der Waals surface area (Å²) in [4.78, 5) is 0. The molecule has 0 radical (unpaired) electrons. The molecule has 0 amide bonds. The lowest BCUT2D eigenvalue weighted by atomic mass is 10.1. The highest BCUT2D eigenvalue weighted by atomic mass is 16.5. The Bertz CT molecular complexity index is 354. The second kappa shape index (κ2) is 7.39. The third-order valence-electron chi connectivity index (χ3n) is 3.17. The minimum absolute atomic E-state index is 0.271. The predicted octanol–water partition coefficient (Wildman–Crippen LogP) is 2.56. The molecule has 3 heteroatoms. The monoisotopic (exact) mass is 251 g/mol. The molecule has 102 valence electrons. The van der Waals surface area contributed by atoms with Gasteiger partial charge in [0.2, 0.25) is 0 Å². The summed E-state index contributed by atoms with van der Waals surface area (Å²) in [6.07, 6.45) is 1.86. The average Bonchev–Trinajstić information content (AvgIpc) is 2.33. The Labute approximate surface area is 110 Å². The number of hydrogen-bond acceptors (Lipinski definition) is 3. The van der Waals surface area contributed by atoms with Crippen LogP contribution in [0.2, 0.25) is 0 Å². The van der Waals surface area contributed by atoms with Crippen molar-refractivity contribution >= 4 is 0 Å². The zero-order valence-electron chi connectivity index (χ0n) is 11.9. The number of ether oxygens (including phenoxy) is 1. The van der Waals surface area contributed by atoms with E-state index < -0.39 is 0 Å². The maximum Gasteiger partial charge on any atom is 0.124 e. The number of rotatable bonds is 7. The lowest BCUT2D eigenvalue weighted by molar-refractivity contribution is 0.276. The van der Waals surface area contributed by atoms with E-state index in [1.165, 1.54) is 16.7 Å². The Hall–Kier alpha value is -1.06. The van der Waals surface area contributed by atoms with Gasteiger partial charge in [0, 0.05) is 19.2 Å². The standard InChI is InChI=1S/C15H25NO2/c1-11-8-14(9-12(2)15(11)18-4)10-16-13(3)6-5-7-17/h8-9,13,16-17H,5-7,10H2,1-4H3. The number of methoxy groups -OCH3 is 1. The number of aliphatic hydroxyl groups excluding tert-OH is 1. The Kier molecular flexibility index (Phi) is 6.16. The zero-order chi connectivity index (χ0) is 13.5. The number of hydrogen-bond donors (Lipinski definition) is 2. The van der Waals surface area contributed by atoms with Gasteiger partial charge in [0.25, 0.3) is 0 Å². The van der Waals surface area contributed by atoms with Gasteiger partial charge < -0.3 is 15.2 Å². The van der Waals surface area contributed by atoms with Gasteiger partial charge in [-0.2, -0.15) is 0 Å². The van der Waals surface area contributed by atoms with Gasteiger partial charge in [-0.15, -0.1) is 0 Å². The topological polar surface area (TPSA) is 41.5 Å². The minimum atomic E-state index is 0.271. The predicted molar refractivity (Wildman–Crippen MR) is 75.1 cm³/mol.